The molecule has 0 spiro atoms. The summed E-state index contributed by atoms with van der Waals surface area (Å²) in [4.78, 5) is 13.9. The van der Waals surface area contributed by atoms with Crippen LogP contribution in [0.5, 0.6) is 0 Å². The van der Waals surface area contributed by atoms with Gasteiger partial charge in [0.2, 0.25) is 0 Å². The zero-order valence-electron chi connectivity index (χ0n) is 9.57. The number of hydrogen-bond donors (Lipinski definition) is 1. The highest BCUT2D eigenvalue weighted by molar-refractivity contribution is 6.36. The number of amides is 1. The van der Waals surface area contributed by atoms with Crippen molar-refractivity contribution in [1.29, 1.82) is 0 Å². The molecule has 0 saturated carbocycles. The fourth-order valence-corrected chi connectivity index (χ4v) is 2.39. The Kier molecular flexibility index (Phi) is 4.09. The van der Waals surface area contributed by atoms with Crippen LogP contribution in [0.2, 0.25) is 10.0 Å². The molecule has 1 saturated heterocycles. The molecule has 1 aliphatic rings. The predicted octanol–water partition coefficient (Wildman–Crippen LogP) is 3.06. The molecule has 96 valence electrons. The van der Waals surface area contributed by atoms with E-state index in [4.69, 9.17) is 28.4 Å². The van der Waals surface area contributed by atoms with Crippen LogP contribution in [-0.2, 0) is 0 Å². The quantitative estimate of drug-likeness (QED) is 0.637. The lowest BCUT2D eigenvalue weighted by Gasteiger charge is -2.27. The van der Waals surface area contributed by atoms with E-state index in [0.29, 0.717) is 41.5 Å². The molecule has 1 aliphatic heterocycles. The normalized spacial score (nSPS) is 15.7. The maximum Gasteiger partial charge on any atom is 0.255 e. The third kappa shape index (κ3) is 2.76. The lowest BCUT2D eigenvalue weighted by atomic mass is 10.1. The van der Waals surface area contributed by atoms with Crippen molar-refractivity contribution in [2.75, 3.05) is 13.1 Å². The number of hydrogen-bond acceptors (Lipinski definition) is 3. The van der Waals surface area contributed by atoms with Gasteiger partial charge in [-0.1, -0.05) is 28.4 Å². The average molecular weight is 287 g/mol. The largest absolute Gasteiger partial charge is 0.411 e. The van der Waals surface area contributed by atoms with Gasteiger partial charge in [0.1, 0.15) is 0 Å². The van der Waals surface area contributed by atoms with Crippen LogP contribution in [-0.4, -0.2) is 34.8 Å². The smallest absolute Gasteiger partial charge is 0.255 e. The van der Waals surface area contributed by atoms with Crippen molar-refractivity contribution in [3.63, 3.8) is 0 Å². The fraction of sp³-hybridized carbons (Fsp3) is 0.333. The Morgan fingerprint density at radius 3 is 2.50 bits per heavy atom. The standard InChI is InChI=1S/C12H12Cl2N2O2/c13-8-1-2-10(11(14)7-8)12(17)16-5-3-9(15-18)4-6-16/h1-2,7,18H,3-6H2. The number of halogens is 2. The third-order valence-electron chi connectivity index (χ3n) is 2.93. The summed E-state index contributed by atoms with van der Waals surface area (Å²) < 4.78 is 0. The summed E-state index contributed by atoms with van der Waals surface area (Å²) in [6, 6.07) is 4.83. The van der Waals surface area contributed by atoms with E-state index in [2.05, 4.69) is 5.16 Å². The Balaban J connectivity index is 2.12. The topological polar surface area (TPSA) is 52.9 Å². The predicted molar refractivity (Wildman–Crippen MR) is 70.8 cm³/mol. The molecule has 1 aromatic rings. The summed E-state index contributed by atoms with van der Waals surface area (Å²) in [7, 11) is 0. The summed E-state index contributed by atoms with van der Waals surface area (Å²) in [5.74, 6) is -0.117. The molecule has 1 aromatic carbocycles. The molecule has 0 unspecified atom stereocenters. The maximum atomic E-state index is 12.2. The van der Waals surface area contributed by atoms with Gasteiger partial charge in [0.05, 0.1) is 16.3 Å². The van der Waals surface area contributed by atoms with Gasteiger partial charge in [-0.2, -0.15) is 0 Å². The zero-order valence-corrected chi connectivity index (χ0v) is 11.1. The average Bonchev–Trinajstić information content (AvgIpc) is 2.38. The second-order valence-corrected chi connectivity index (χ2v) is 4.93. The van der Waals surface area contributed by atoms with Crippen LogP contribution < -0.4 is 0 Å². The second-order valence-electron chi connectivity index (χ2n) is 4.08. The SMILES string of the molecule is O=C(c1ccc(Cl)cc1Cl)N1CCC(=NO)CC1. The molecule has 6 heteroatoms. The van der Waals surface area contributed by atoms with E-state index in [1.54, 1.807) is 23.1 Å². The molecule has 18 heavy (non-hydrogen) atoms. The molecule has 4 nitrogen and oxygen atoms in total. The molecule has 1 fully saturated rings. The van der Waals surface area contributed by atoms with E-state index in [0.717, 1.165) is 5.71 Å². The van der Waals surface area contributed by atoms with Crippen molar-refractivity contribution in [1.82, 2.24) is 4.90 Å². The monoisotopic (exact) mass is 286 g/mol. The number of benzene rings is 1. The van der Waals surface area contributed by atoms with Gasteiger partial charge in [0, 0.05) is 31.0 Å². The lowest BCUT2D eigenvalue weighted by Crippen LogP contribution is -2.38. The minimum absolute atomic E-state index is 0.117. The zero-order chi connectivity index (χ0) is 13.1. The van der Waals surface area contributed by atoms with Crippen LogP contribution in [0.4, 0.5) is 0 Å². The molecule has 1 amide bonds. The van der Waals surface area contributed by atoms with Crippen molar-refractivity contribution in [2.24, 2.45) is 5.16 Å². The Morgan fingerprint density at radius 2 is 1.94 bits per heavy atom. The van der Waals surface area contributed by atoms with E-state index < -0.39 is 0 Å². The van der Waals surface area contributed by atoms with Crippen LogP contribution >= 0.6 is 23.2 Å². The first-order valence-electron chi connectivity index (χ1n) is 5.56. The number of oxime groups is 1. The van der Waals surface area contributed by atoms with Gasteiger partial charge in [0.15, 0.2) is 0 Å². The van der Waals surface area contributed by atoms with Crippen molar-refractivity contribution >= 4 is 34.8 Å². The second kappa shape index (κ2) is 5.59. The minimum atomic E-state index is -0.117. The highest BCUT2D eigenvalue weighted by atomic mass is 35.5. The molecular weight excluding hydrogens is 275 g/mol. The third-order valence-corrected chi connectivity index (χ3v) is 3.48. The Bertz CT molecular complexity index is 493. The van der Waals surface area contributed by atoms with Crippen molar-refractivity contribution in [3.05, 3.63) is 33.8 Å². The molecule has 0 radical (unpaired) electrons. The van der Waals surface area contributed by atoms with Crippen molar-refractivity contribution in [3.8, 4) is 0 Å². The van der Waals surface area contributed by atoms with Crippen LogP contribution in [0.1, 0.15) is 23.2 Å². The summed E-state index contributed by atoms with van der Waals surface area (Å²) in [5, 5.41) is 12.7. The summed E-state index contributed by atoms with van der Waals surface area (Å²) in [6.45, 7) is 1.08. The van der Waals surface area contributed by atoms with Gasteiger partial charge in [-0.15, -0.1) is 0 Å². The van der Waals surface area contributed by atoms with Crippen molar-refractivity contribution < 1.29 is 10.0 Å². The van der Waals surface area contributed by atoms with Gasteiger partial charge in [-0.3, -0.25) is 4.79 Å². The van der Waals surface area contributed by atoms with Crippen LogP contribution in [0, 0.1) is 0 Å². The highest BCUT2D eigenvalue weighted by Crippen LogP contribution is 2.23. The van der Waals surface area contributed by atoms with Crippen LogP contribution in [0.15, 0.2) is 23.4 Å². The maximum absolute atomic E-state index is 12.2. The van der Waals surface area contributed by atoms with Gasteiger partial charge in [-0.25, -0.2) is 0 Å². The molecule has 0 aromatic heterocycles. The Morgan fingerprint density at radius 1 is 1.28 bits per heavy atom. The van der Waals surface area contributed by atoms with Gasteiger partial charge >= 0.3 is 0 Å². The molecule has 0 atom stereocenters. The van der Waals surface area contributed by atoms with E-state index in [1.165, 1.54) is 0 Å². The molecule has 1 heterocycles. The summed E-state index contributed by atoms with van der Waals surface area (Å²) >= 11 is 11.8. The molecule has 1 N–H and O–H groups in total. The first-order valence-corrected chi connectivity index (χ1v) is 6.31. The van der Waals surface area contributed by atoms with Gasteiger partial charge < -0.3 is 10.1 Å². The van der Waals surface area contributed by atoms with Crippen molar-refractivity contribution in [2.45, 2.75) is 12.8 Å². The minimum Gasteiger partial charge on any atom is -0.411 e. The summed E-state index contributed by atoms with van der Waals surface area (Å²) in [6.07, 6.45) is 1.18. The Labute approximate surface area is 115 Å². The fourth-order valence-electron chi connectivity index (χ4n) is 1.90. The Hall–Kier alpha value is -1.26. The first-order chi connectivity index (χ1) is 8.61. The molecular formula is C12H12Cl2N2O2. The molecule has 0 aliphatic carbocycles. The van der Waals surface area contributed by atoms with E-state index in [9.17, 15) is 4.79 Å². The van der Waals surface area contributed by atoms with E-state index in [1.807, 2.05) is 0 Å². The molecule has 2 rings (SSSR count). The number of rotatable bonds is 1. The summed E-state index contributed by atoms with van der Waals surface area (Å²) in [5.41, 5.74) is 1.17. The number of carbonyl (C=O) groups is 1. The number of nitrogens with zero attached hydrogens (tertiary/aromatic N) is 2. The van der Waals surface area contributed by atoms with Gasteiger partial charge in [-0.05, 0) is 18.2 Å². The number of carbonyl (C=O) groups excluding carboxylic acids is 1. The molecule has 0 bridgehead atoms. The van der Waals surface area contributed by atoms with E-state index in [-0.39, 0.29) is 5.91 Å². The number of piperidine rings is 1. The number of likely N-dealkylation sites (tertiary alicyclic amines) is 1. The van der Waals surface area contributed by atoms with Crippen LogP contribution in [0.25, 0.3) is 0 Å². The lowest BCUT2D eigenvalue weighted by molar-refractivity contribution is 0.0754. The highest BCUT2D eigenvalue weighted by Gasteiger charge is 2.22. The first kappa shape index (κ1) is 13.2. The van der Waals surface area contributed by atoms with Crippen LogP contribution in [0.3, 0.4) is 0 Å². The van der Waals surface area contributed by atoms with E-state index >= 15 is 0 Å². The van der Waals surface area contributed by atoms with Gasteiger partial charge in [0.25, 0.3) is 5.91 Å².